The Kier molecular flexibility index (Phi) is 6.13. The summed E-state index contributed by atoms with van der Waals surface area (Å²) < 4.78 is 17.8. The minimum absolute atomic E-state index is 0.132. The zero-order valence-electron chi connectivity index (χ0n) is 16.2. The summed E-state index contributed by atoms with van der Waals surface area (Å²) >= 11 is 1.42. The number of ether oxygens (including phenoxy) is 3. The Balaban J connectivity index is 1.93. The Morgan fingerprint density at radius 3 is 2.38 bits per heavy atom. The number of hydrogen-bond acceptors (Lipinski definition) is 8. The van der Waals surface area contributed by atoms with Crippen LogP contribution in [0.25, 0.3) is 5.69 Å². The van der Waals surface area contributed by atoms with E-state index in [9.17, 15) is 4.79 Å². The third kappa shape index (κ3) is 4.37. The number of primary amides is 1. The molecule has 29 heavy (non-hydrogen) atoms. The summed E-state index contributed by atoms with van der Waals surface area (Å²) in [4.78, 5) is 15.7. The molecule has 0 bridgehead atoms. The lowest BCUT2D eigenvalue weighted by molar-refractivity contribution is 0.1000. The number of methoxy groups -OCH3 is 3. The molecule has 2 aromatic carbocycles. The van der Waals surface area contributed by atoms with Gasteiger partial charge >= 0.3 is 0 Å². The lowest BCUT2D eigenvalue weighted by atomic mass is 10.1. The van der Waals surface area contributed by atoms with Crippen molar-refractivity contribution in [3.05, 3.63) is 47.5 Å². The summed E-state index contributed by atoms with van der Waals surface area (Å²) in [5, 5.41) is 4.85. The van der Waals surface area contributed by atoms with Crippen LogP contribution < -0.4 is 25.7 Å². The van der Waals surface area contributed by atoms with Gasteiger partial charge in [0.1, 0.15) is 0 Å². The molecule has 10 heteroatoms. The summed E-state index contributed by atoms with van der Waals surface area (Å²) in [5.41, 5.74) is 13.2. The van der Waals surface area contributed by atoms with Gasteiger partial charge in [0.15, 0.2) is 16.7 Å². The Hall–Kier alpha value is -3.40. The minimum Gasteiger partial charge on any atom is -0.493 e. The van der Waals surface area contributed by atoms with Gasteiger partial charge in [0, 0.05) is 23.4 Å². The molecule has 0 saturated carbocycles. The molecule has 152 valence electrons. The highest BCUT2D eigenvalue weighted by atomic mass is 32.2. The molecule has 9 nitrogen and oxygen atoms in total. The minimum atomic E-state index is -0.471. The maximum absolute atomic E-state index is 11.4. The summed E-state index contributed by atoms with van der Waals surface area (Å²) in [6.45, 7) is 0. The first-order valence-corrected chi connectivity index (χ1v) is 9.49. The summed E-state index contributed by atoms with van der Waals surface area (Å²) in [7, 11) is 4.62. The van der Waals surface area contributed by atoms with Crippen molar-refractivity contribution in [2.75, 3.05) is 27.1 Å². The number of benzene rings is 2. The number of nitrogens with two attached hydrogens (primary N) is 2. The molecule has 0 saturated heterocycles. The van der Waals surface area contributed by atoms with Crippen molar-refractivity contribution in [1.29, 1.82) is 0 Å². The molecular formula is C19H21N5O4S. The van der Waals surface area contributed by atoms with Gasteiger partial charge in [-0.3, -0.25) is 4.79 Å². The fourth-order valence-electron chi connectivity index (χ4n) is 2.73. The van der Waals surface area contributed by atoms with Crippen LogP contribution in [0, 0.1) is 0 Å². The Morgan fingerprint density at radius 1 is 1.10 bits per heavy atom. The number of amides is 1. The summed E-state index contributed by atoms with van der Waals surface area (Å²) in [6, 6.07) is 10.6. The van der Waals surface area contributed by atoms with Gasteiger partial charge in [-0.05, 0) is 17.7 Å². The number of aromatic nitrogens is 3. The number of carbonyl (C=O) groups is 1. The van der Waals surface area contributed by atoms with Gasteiger partial charge in [0.2, 0.25) is 17.6 Å². The van der Waals surface area contributed by atoms with E-state index in [0.717, 1.165) is 5.56 Å². The van der Waals surface area contributed by atoms with Crippen LogP contribution >= 0.6 is 11.8 Å². The van der Waals surface area contributed by atoms with Crippen LogP contribution in [0.1, 0.15) is 15.9 Å². The van der Waals surface area contributed by atoms with E-state index in [2.05, 4.69) is 10.1 Å². The van der Waals surface area contributed by atoms with Gasteiger partial charge in [0.05, 0.1) is 27.0 Å². The predicted molar refractivity (Wildman–Crippen MR) is 110 cm³/mol. The number of rotatable bonds is 8. The highest BCUT2D eigenvalue weighted by Gasteiger charge is 2.18. The van der Waals surface area contributed by atoms with Gasteiger partial charge in [-0.15, -0.1) is 5.10 Å². The molecule has 1 amide bonds. The summed E-state index contributed by atoms with van der Waals surface area (Å²) in [5.74, 6) is 1.66. The second-order valence-electron chi connectivity index (χ2n) is 5.90. The average molecular weight is 415 g/mol. The van der Waals surface area contributed by atoms with Crippen LogP contribution in [0.15, 0.2) is 41.6 Å². The van der Waals surface area contributed by atoms with E-state index in [1.54, 1.807) is 35.0 Å². The average Bonchev–Trinajstić information content (AvgIpc) is 3.11. The first kappa shape index (κ1) is 20.3. The molecule has 3 aromatic rings. The van der Waals surface area contributed by atoms with Crippen molar-refractivity contribution in [3.63, 3.8) is 0 Å². The van der Waals surface area contributed by atoms with Crippen LogP contribution in [-0.2, 0) is 5.75 Å². The Labute approximate surface area is 172 Å². The summed E-state index contributed by atoms with van der Waals surface area (Å²) in [6.07, 6.45) is 0. The number of anilines is 1. The molecule has 0 fully saturated rings. The molecule has 0 spiro atoms. The van der Waals surface area contributed by atoms with E-state index in [1.807, 2.05) is 6.07 Å². The van der Waals surface area contributed by atoms with Crippen molar-refractivity contribution in [1.82, 2.24) is 14.8 Å². The van der Waals surface area contributed by atoms with Crippen molar-refractivity contribution in [3.8, 4) is 22.9 Å². The quantitative estimate of drug-likeness (QED) is 0.536. The van der Waals surface area contributed by atoms with Crippen molar-refractivity contribution >= 4 is 23.6 Å². The van der Waals surface area contributed by atoms with Gasteiger partial charge in [-0.2, -0.15) is 4.98 Å². The number of thioether (sulfide) groups is 1. The maximum Gasteiger partial charge on any atom is 0.248 e. The molecular weight excluding hydrogens is 394 g/mol. The highest BCUT2D eigenvalue weighted by molar-refractivity contribution is 7.98. The van der Waals surface area contributed by atoms with E-state index in [1.165, 1.54) is 33.1 Å². The molecule has 0 atom stereocenters. The van der Waals surface area contributed by atoms with E-state index < -0.39 is 5.91 Å². The first-order valence-electron chi connectivity index (χ1n) is 8.51. The molecule has 0 aliphatic rings. The second kappa shape index (κ2) is 8.74. The van der Waals surface area contributed by atoms with Crippen LogP contribution in [0.3, 0.4) is 0 Å². The monoisotopic (exact) mass is 415 g/mol. The molecule has 1 heterocycles. The van der Waals surface area contributed by atoms with E-state index in [4.69, 9.17) is 25.7 Å². The van der Waals surface area contributed by atoms with Crippen molar-refractivity contribution in [2.24, 2.45) is 5.73 Å². The van der Waals surface area contributed by atoms with Gasteiger partial charge in [-0.1, -0.05) is 23.9 Å². The molecule has 0 radical (unpaired) electrons. The zero-order chi connectivity index (χ0) is 21.0. The molecule has 1 aromatic heterocycles. The second-order valence-corrected chi connectivity index (χ2v) is 6.84. The maximum atomic E-state index is 11.4. The van der Waals surface area contributed by atoms with Crippen LogP contribution in [0.5, 0.6) is 17.2 Å². The normalized spacial score (nSPS) is 10.6. The molecule has 0 unspecified atom stereocenters. The third-order valence-electron chi connectivity index (χ3n) is 4.07. The number of nitrogens with zero attached hydrogens (tertiary/aromatic N) is 3. The standard InChI is InChI=1S/C19H21N5O4S/c1-26-14-8-13(9-15(27-2)16(14)28-3)24-19(22-18(21)23-24)29-10-11-5-4-6-12(7-11)17(20)25/h4-9H,10H2,1-3H3,(H2,20,25)(H2,21,23). The first-order chi connectivity index (χ1) is 14.0. The molecule has 0 aliphatic heterocycles. The number of carbonyl (C=O) groups excluding carboxylic acids is 1. The van der Waals surface area contributed by atoms with Crippen LogP contribution in [-0.4, -0.2) is 42.0 Å². The smallest absolute Gasteiger partial charge is 0.248 e. The zero-order valence-corrected chi connectivity index (χ0v) is 17.0. The van der Waals surface area contributed by atoms with Gasteiger partial charge in [-0.25, -0.2) is 4.68 Å². The lowest BCUT2D eigenvalue weighted by Crippen LogP contribution is -2.10. The van der Waals surface area contributed by atoms with Crippen molar-refractivity contribution < 1.29 is 19.0 Å². The Bertz CT molecular complexity index is 1010. The SMILES string of the molecule is COc1cc(-n2nc(N)nc2SCc2cccc(C(N)=O)c2)cc(OC)c1OC. The van der Waals surface area contributed by atoms with E-state index >= 15 is 0 Å². The fraction of sp³-hybridized carbons (Fsp3) is 0.211. The van der Waals surface area contributed by atoms with E-state index in [-0.39, 0.29) is 5.95 Å². The van der Waals surface area contributed by atoms with E-state index in [0.29, 0.717) is 39.4 Å². The molecule has 0 aliphatic carbocycles. The van der Waals surface area contributed by atoms with Crippen LogP contribution in [0.4, 0.5) is 5.95 Å². The Morgan fingerprint density at radius 2 is 1.79 bits per heavy atom. The topological polar surface area (TPSA) is 128 Å². The number of nitrogen functional groups attached to an aromatic ring is 1. The molecule has 3 rings (SSSR count). The lowest BCUT2D eigenvalue weighted by Gasteiger charge is -2.14. The largest absolute Gasteiger partial charge is 0.493 e. The predicted octanol–water partition coefficient (Wildman–Crippen LogP) is 2.27. The van der Waals surface area contributed by atoms with Crippen LogP contribution in [0.2, 0.25) is 0 Å². The van der Waals surface area contributed by atoms with Gasteiger partial charge in [0.25, 0.3) is 0 Å². The third-order valence-corrected chi connectivity index (χ3v) is 5.07. The van der Waals surface area contributed by atoms with Gasteiger partial charge < -0.3 is 25.7 Å². The fourth-order valence-corrected chi connectivity index (χ4v) is 3.63. The highest BCUT2D eigenvalue weighted by Crippen LogP contribution is 2.40. The molecule has 4 N–H and O–H groups in total. The van der Waals surface area contributed by atoms with Crippen molar-refractivity contribution in [2.45, 2.75) is 10.9 Å². The number of hydrogen-bond donors (Lipinski definition) is 2.